The molecule has 100 valence electrons. The van der Waals surface area contributed by atoms with Gasteiger partial charge in [0.15, 0.2) is 0 Å². The summed E-state index contributed by atoms with van der Waals surface area (Å²) in [5.41, 5.74) is -0.136. The van der Waals surface area contributed by atoms with Gasteiger partial charge in [-0.2, -0.15) is 0 Å². The molecular weight excluding hydrogens is 218 g/mol. The minimum absolute atomic E-state index is 0.136. The van der Waals surface area contributed by atoms with Crippen LogP contribution in [0.4, 0.5) is 0 Å². The maximum absolute atomic E-state index is 12.2. The van der Waals surface area contributed by atoms with Crippen molar-refractivity contribution >= 4 is 5.91 Å². The normalized spacial score (nSPS) is 26.9. The fraction of sp³-hybridized carbons (Fsp3) is 0.923. The lowest BCUT2D eigenvalue weighted by Crippen LogP contribution is -2.36. The van der Waals surface area contributed by atoms with Crippen LogP contribution in [-0.4, -0.2) is 44.4 Å². The van der Waals surface area contributed by atoms with E-state index < -0.39 is 0 Å². The van der Waals surface area contributed by atoms with Crippen molar-refractivity contribution in [2.24, 2.45) is 11.3 Å². The smallest absolute Gasteiger partial charge is 0.228 e. The number of carbonyl (C=O) groups is 1. The summed E-state index contributed by atoms with van der Waals surface area (Å²) in [6, 6.07) is 0. The van der Waals surface area contributed by atoms with Gasteiger partial charge in [-0.25, -0.2) is 0 Å². The van der Waals surface area contributed by atoms with E-state index in [4.69, 9.17) is 9.47 Å². The Morgan fingerprint density at radius 1 is 1.41 bits per heavy atom. The Balaban J connectivity index is 2.33. The second kappa shape index (κ2) is 6.36. The van der Waals surface area contributed by atoms with Crippen molar-refractivity contribution in [3.63, 3.8) is 0 Å². The first-order chi connectivity index (χ1) is 8.10. The van der Waals surface area contributed by atoms with E-state index in [1.165, 1.54) is 0 Å². The summed E-state index contributed by atoms with van der Waals surface area (Å²) >= 11 is 0. The van der Waals surface area contributed by atoms with E-state index in [9.17, 15) is 4.79 Å². The molecule has 0 saturated heterocycles. The maximum atomic E-state index is 12.2. The van der Waals surface area contributed by atoms with Gasteiger partial charge < -0.3 is 14.4 Å². The summed E-state index contributed by atoms with van der Waals surface area (Å²) < 4.78 is 10.1. The highest BCUT2D eigenvalue weighted by atomic mass is 16.7. The SMILES string of the molecule is CCN(CC)C(=O)[C@]1(C)C[C@@H]1CCOCOC. The third kappa shape index (κ3) is 3.42. The van der Waals surface area contributed by atoms with Gasteiger partial charge in [-0.15, -0.1) is 0 Å². The van der Waals surface area contributed by atoms with E-state index in [0.717, 1.165) is 25.9 Å². The second-order valence-corrected chi connectivity index (χ2v) is 4.90. The molecule has 1 aliphatic carbocycles. The van der Waals surface area contributed by atoms with Gasteiger partial charge in [0.1, 0.15) is 6.79 Å². The van der Waals surface area contributed by atoms with E-state index in [1.807, 2.05) is 18.7 Å². The average molecular weight is 243 g/mol. The molecule has 0 bridgehead atoms. The highest BCUT2D eigenvalue weighted by molar-refractivity contribution is 5.85. The van der Waals surface area contributed by atoms with Crippen LogP contribution in [0.3, 0.4) is 0 Å². The van der Waals surface area contributed by atoms with Crippen LogP contribution in [-0.2, 0) is 14.3 Å². The summed E-state index contributed by atoms with van der Waals surface area (Å²) in [4.78, 5) is 14.2. The van der Waals surface area contributed by atoms with Crippen LogP contribution in [0, 0.1) is 11.3 Å². The Bertz CT molecular complexity index is 253. The Morgan fingerprint density at radius 2 is 2.06 bits per heavy atom. The molecule has 0 radical (unpaired) electrons. The second-order valence-electron chi connectivity index (χ2n) is 4.90. The largest absolute Gasteiger partial charge is 0.359 e. The van der Waals surface area contributed by atoms with E-state index >= 15 is 0 Å². The van der Waals surface area contributed by atoms with E-state index in [-0.39, 0.29) is 5.41 Å². The number of nitrogens with zero attached hydrogens (tertiary/aromatic N) is 1. The zero-order chi connectivity index (χ0) is 12.9. The highest BCUT2D eigenvalue weighted by Crippen LogP contribution is 2.55. The Labute approximate surface area is 104 Å². The first-order valence-corrected chi connectivity index (χ1v) is 6.46. The molecule has 17 heavy (non-hydrogen) atoms. The molecule has 1 rings (SSSR count). The molecule has 1 fully saturated rings. The molecule has 4 nitrogen and oxygen atoms in total. The number of ether oxygens (including phenoxy) is 2. The number of hydrogen-bond donors (Lipinski definition) is 0. The molecule has 0 spiro atoms. The number of rotatable bonds is 8. The molecule has 0 heterocycles. The summed E-state index contributed by atoms with van der Waals surface area (Å²) in [5.74, 6) is 0.784. The molecule has 1 saturated carbocycles. The van der Waals surface area contributed by atoms with Gasteiger partial charge in [-0.05, 0) is 32.6 Å². The Morgan fingerprint density at radius 3 is 2.59 bits per heavy atom. The van der Waals surface area contributed by atoms with Crippen LogP contribution >= 0.6 is 0 Å². The Kier molecular flexibility index (Phi) is 5.40. The van der Waals surface area contributed by atoms with Gasteiger partial charge in [0, 0.05) is 32.2 Å². The Hall–Kier alpha value is -0.610. The zero-order valence-corrected chi connectivity index (χ0v) is 11.5. The van der Waals surface area contributed by atoms with Gasteiger partial charge in [0.25, 0.3) is 0 Å². The molecule has 0 aromatic rings. The van der Waals surface area contributed by atoms with E-state index in [1.54, 1.807) is 7.11 Å². The minimum atomic E-state index is -0.136. The first-order valence-electron chi connectivity index (χ1n) is 6.46. The third-order valence-corrected chi connectivity index (χ3v) is 3.76. The molecule has 4 heteroatoms. The van der Waals surface area contributed by atoms with Crippen molar-refractivity contribution < 1.29 is 14.3 Å². The molecule has 0 N–H and O–H groups in total. The van der Waals surface area contributed by atoms with Gasteiger partial charge in [-0.3, -0.25) is 4.79 Å². The third-order valence-electron chi connectivity index (χ3n) is 3.76. The molecule has 0 aromatic heterocycles. The molecule has 1 aliphatic rings. The monoisotopic (exact) mass is 243 g/mol. The fourth-order valence-electron chi connectivity index (χ4n) is 2.38. The summed E-state index contributed by atoms with van der Waals surface area (Å²) in [6.07, 6.45) is 1.95. The lowest BCUT2D eigenvalue weighted by molar-refractivity contribution is -0.136. The van der Waals surface area contributed by atoms with Crippen molar-refractivity contribution in [2.45, 2.75) is 33.6 Å². The van der Waals surface area contributed by atoms with Crippen molar-refractivity contribution in [2.75, 3.05) is 33.6 Å². The van der Waals surface area contributed by atoms with Gasteiger partial charge >= 0.3 is 0 Å². The number of hydrogen-bond acceptors (Lipinski definition) is 3. The van der Waals surface area contributed by atoms with Crippen molar-refractivity contribution in [3.05, 3.63) is 0 Å². The van der Waals surface area contributed by atoms with Crippen LogP contribution in [0.1, 0.15) is 33.6 Å². The van der Waals surface area contributed by atoms with Crippen molar-refractivity contribution in [1.29, 1.82) is 0 Å². The average Bonchev–Trinajstić information content (AvgIpc) is 2.99. The zero-order valence-electron chi connectivity index (χ0n) is 11.5. The number of carbonyl (C=O) groups excluding carboxylic acids is 1. The molecule has 0 aliphatic heterocycles. The number of methoxy groups -OCH3 is 1. The predicted molar refractivity (Wildman–Crippen MR) is 66.6 cm³/mol. The summed E-state index contributed by atoms with van der Waals surface area (Å²) in [6.45, 7) is 8.77. The van der Waals surface area contributed by atoms with Crippen LogP contribution < -0.4 is 0 Å². The van der Waals surface area contributed by atoms with Gasteiger partial charge in [0.05, 0.1) is 0 Å². The molecule has 2 atom stereocenters. The molecular formula is C13H25NO3. The standard InChI is InChI=1S/C13H25NO3/c1-5-14(6-2)12(15)13(3)9-11(13)7-8-17-10-16-4/h11H,5-10H2,1-4H3/t11-,13+/m0/s1. The topological polar surface area (TPSA) is 38.8 Å². The van der Waals surface area contributed by atoms with E-state index in [0.29, 0.717) is 25.2 Å². The van der Waals surface area contributed by atoms with Crippen molar-refractivity contribution in [3.8, 4) is 0 Å². The van der Waals surface area contributed by atoms with Crippen LogP contribution in [0.15, 0.2) is 0 Å². The molecule has 0 unspecified atom stereocenters. The fourth-order valence-corrected chi connectivity index (χ4v) is 2.38. The predicted octanol–water partition coefficient (Wildman–Crippen LogP) is 1.89. The van der Waals surface area contributed by atoms with Gasteiger partial charge in [-0.1, -0.05) is 6.92 Å². The lowest BCUT2D eigenvalue weighted by atomic mass is 10.0. The van der Waals surface area contributed by atoms with Crippen molar-refractivity contribution in [1.82, 2.24) is 4.90 Å². The quantitative estimate of drug-likeness (QED) is 0.483. The summed E-state index contributed by atoms with van der Waals surface area (Å²) in [7, 11) is 1.62. The minimum Gasteiger partial charge on any atom is -0.359 e. The molecule has 1 amide bonds. The molecule has 0 aromatic carbocycles. The van der Waals surface area contributed by atoms with Crippen LogP contribution in [0.2, 0.25) is 0 Å². The van der Waals surface area contributed by atoms with E-state index in [2.05, 4.69) is 6.92 Å². The number of amides is 1. The van der Waals surface area contributed by atoms with Gasteiger partial charge in [0.2, 0.25) is 5.91 Å². The maximum Gasteiger partial charge on any atom is 0.228 e. The van der Waals surface area contributed by atoms with Crippen LogP contribution in [0.25, 0.3) is 0 Å². The lowest BCUT2D eigenvalue weighted by Gasteiger charge is -2.23. The first kappa shape index (κ1) is 14.5. The highest BCUT2D eigenvalue weighted by Gasteiger charge is 2.56. The summed E-state index contributed by atoms with van der Waals surface area (Å²) in [5, 5.41) is 0. The van der Waals surface area contributed by atoms with Crippen LogP contribution in [0.5, 0.6) is 0 Å².